The van der Waals surface area contributed by atoms with E-state index >= 15 is 0 Å². The average molecular weight is 389 g/mol. The minimum atomic E-state index is -4.50. The maximum Gasteiger partial charge on any atom is 0.431 e. The SMILES string of the molecule is CC1=C(C(F)(F)F)NC(N)=C(CC2CC2)C1c1csc2c(C#N)cccc12. The largest absolute Gasteiger partial charge is 0.431 e. The minimum Gasteiger partial charge on any atom is -0.385 e. The fourth-order valence-corrected chi connectivity index (χ4v) is 4.90. The summed E-state index contributed by atoms with van der Waals surface area (Å²) in [5, 5.41) is 14.5. The number of thiophene rings is 1. The van der Waals surface area contributed by atoms with E-state index in [-0.39, 0.29) is 11.4 Å². The van der Waals surface area contributed by atoms with Crippen molar-refractivity contribution in [1.82, 2.24) is 5.32 Å². The Labute approximate surface area is 159 Å². The average Bonchev–Trinajstić information content (AvgIpc) is 3.34. The van der Waals surface area contributed by atoms with E-state index in [2.05, 4.69) is 11.4 Å². The van der Waals surface area contributed by atoms with Gasteiger partial charge in [0.05, 0.1) is 10.3 Å². The van der Waals surface area contributed by atoms with Crippen LogP contribution in [0, 0.1) is 17.2 Å². The predicted octanol–water partition coefficient (Wildman–Crippen LogP) is 5.27. The van der Waals surface area contributed by atoms with Crippen LogP contribution in [0.4, 0.5) is 13.2 Å². The number of nitrogens with two attached hydrogens (primary N) is 1. The van der Waals surface area contributed by atoms with E-state index in [1.807, 2.05) is 11.4 Å². The van der Waals surface area contributed by atoms with Gasteiger partial charge in [0.2, 0.25) is 0 Å². The van der Waals surface area contributed by atoms with Crippen LogP contribution in [0.3, 0.4) is 0 Å². The Morgan fingerprint density at radius 1 is 1.33 bits per heavy atom. The smallest absolute Gasteiger partial charge is 0.385 e. The summed E-state index contributed by atoms with van der Waals surface area (Å²) in [4.78, 5) is 0. The minimum absolute atomic E-state index is 0.112. The molecule has 1 aromatic carbocycles. The summed E-state index contributed by atoms with van der Waals surface area (Å²) in [6, 6.07) is 7.53. The van der Waals surface area contributed by atoms with Gasteiger partial charge in [-0.2, -0.15) is 18.4 Å². The molecule has 3 N–H and O–H groups in total. The van der Waals surface area contributed by atoms with Crippen molar-refractivity contribution >= 4 is 21.4 Å². The molecule has 27 heavy (non-hydrogen) atoms. The maximum atomic E-state index is 13.6. The summed E-state index contributed by atoms with van der Waals surface area (Å²) in [6.07, 6.45) is -1.63. The van der Waals surface area contributed by atoms with Gasteiger partial charge < -0.3 is 11.1 Å². The first-order chi connectivity index (χ1) is 12.8. The molecule has 0 spiro atoms. The highest BCUT2D eigenvalue weighted by Gasteiger charge is 2.42. The van der Waals surface area contributed by atoms with E-state index in [9.17, 15) is 18.4 Å². The molecule has 2 aliphatic rings. The van der Waals surface area contributed by atoms with Crippen molar-refractivity contribution in [3.05, 3.63) is 57.4 Å². The Balaban J connectivity index is 1.91. The van der Waals surface area contributed by atoms with Gasteiger partial charge >= 0.3 is 6.18 Å². The molecule has 2 aromatic rings. The third-order valence-corrected chi connectivity index (χ3v) is 6.38. The zero-order valence-electron chi connectivity index (χ0n) is 14.7. The molecule has 1 unspecified atom stereocenters. The van der Waals surface area contributed by atoms with Crippen LogP contribution < -0.4 is 11.1 Å². The second-order valence-electron chi connectivity index (χ2n) is 7.19. The van der Waals surface area contributed by atoms with Gasteiger partial charge in [0, 0.05) is 5.92 Å². The van der Waals surface area contributed by atoms with E-state index in [1.165, 1.54) is 18.3 Å². The zero-order valence-corrected chi connectivity index (χ0v) is 15.5. The van der Waals surface area contributed by atoms with E-state index < -0.39 is 17.8 Å². The molecule has 1 atom stereocenters. The number of fused-ring (bicyclic) bond motifs is 1. The molecule has 4 rings (SSSR count). The van der Waals surface area contributed by atoms with Crippen LogP contribution >= 0.6 is 11.3 Å². The second-order valence-corrected chi connectivity index (χ2v) is 8.06. The molecule has 1 saturated carbocycles. The standard InChI is InChI=1S/C20H18F3N3S/c1-10-16(15-9-27-17-12(8-24)3-2-4-13(15)17)14(7-11-5-6-11)19(25)26-18(10)20(21,22)23/h2-4,9,11,16,26H,5-7,25H2,1H3. The number of hydrogen-bond donors (Lipinski definition) is 2. The van der Waals surface area contributed by atoms with Gasteiger partial charge in [-0.15, -0.1) is 11.3 Å². The van der Waals surface area contributed by atoms with Gasteiger partial charge in [0.15, 0.2) is 0 Å². The summed E-state index contributed by atoms with van der Waals surface area (Å²) in [5.74, 6) is 0.0782. The molecule has 0 amide bonds. The van der Waals surface area contributed by atoms with E-state index in [4.69, 9.17) is 5.73 Å². The first-order valence-electron chi connectivity index (χ1n) is 8.75. The van der Waals surface area contributed by atoms with Crippen LogP contribution in [0.25, 0.3) is 10.1 Å². The molecule has 1 aromatic heterocycles. The molecule has 0 bridgehead atoms. The van der Waals surface area contributed by atoms with Crippen LogP contribution in [0.1, 0.15) is 43.2 Å². The Morgan fingerprint density at radius 3 is 2.70 bits per heavy atom. The highest BCUT2D eigenvalue weighted by Crippen LogP contribution is 2.49. The number of nitrogens with zero attached hydrogens (tertiary/aromatic N) is 1. The third-order valence-electron chi connectivity index (χ3n) is 5.33. The quantitative estimate of drug-likeness (QED) is 0.752. The summed E-state index contributed by atoms with van der Waals surface area (Å²) < 4.78 is 41.5. The first kappa shape index (κ1) is 17.9. The van der Waals surface area contributed by atoms with Crippen molar-refractivity contribution in [2.75, 3.05) is 0 Å². The lowest BCUT2D eigenvalue weighted by atomic mass is 9.79. The van der Waals surface area contributed by atoms with Gasteiger partial charge in [0.1, 0.15) is 17.6 Å². The van der Waals surface area contributed by atoms with Crippen molar-refractivity contribution in [3.8, 4) is 6.07 Å². The van der Waals surface area contributed by atoms with Crippen LogP contribution in [0.15, 0.2) is 46.2 Å². The lowest BCUT2D eigenvalue weighted by Gasteiger charge is -2.32. The Kier molecular flexibility index (Phi) is 4.19. The Hall–Kier alpha value is -2.46. The van der Waals surface area contributed by atoms with Crippen molar-refractivity contribution in [2.24, 2.45) is 11.7 Å². The molecule has 140 valence electrons. The monoisotopic (exact) mass is 389 g/mol. The molecule has 0 saturated heterocycles. The fourth-order valence-electron chi connectivity index (χ4n) is 3.84. The molecule has 1 fully saturated rings. The fraction of sp³-hybridized carbons (Fsp3) is 0.350. The first-order valence-corrected chi connectivity index (χ1v) is 9.63. The molecule has 0 radical (unpaired) electrons. The molecule has 1 aliphatic carbocycles. The van der Waals surface area contributed by atoms with Crippen LogP contribution in [0.2, 0.25) is 0 Å². The number of nitrogens with one attached hydrogen (secondary N) is 1. The van der Waals surface area contributed by atoms with Gasteiger partial charge in [-0.05, 0) is 65.6 Å². The zero-order chi connectivity index (χ0) is 19.3. The number of allylic oxidation sites excluding steroid dienone is 3. The Bertz CT molecular complexity index is 1020. The highest BCUT2D eigenvalue weighted by molar-refractivity contribution is 7.17. The van der Waals surface area contributed by atoms with E-state index in [1.54, 1.807) is 12.1 Å². The lowest BCUT2D eigenvalue weighted by Crippen LogP contribution is -2.37. The van der Waals surface area contributed by atoms with Crippen molar-refractivity contribution < 1.29 is 13.2 Å². The number of hydrogen-bond acceptors (Lipinski definition) is 4. The summed E-state index contributed by atoms with van der Waals surface area (Å²) in [7, 11) is 0. The topological polar surface area (TPSA) is 61.8 Å². The molecular weight excluding hydrogens is 371 g/mol. The summed E-state index contributed by atoms with van der Waals surface area (Å²) >= 11 is 1.40. The van der Waals surface area contributed by atoms with Gasteiger partial charge in [-0.25, -0.2) is 0 Å². The molecule has 1 aliphatic heterocycles. The normalized spacial score (nSPS) is 20.8. The number of benzene rings is 1. The van der Waals surface area contributed by atoms with E-state index in [0.29, 0.717) is 17.9 Å². The summed E-state index contributed by atoms with van der Waals surface area (Å²) in [5.41, 5.74) is 7.70. The number of dihydropyridines is 1. The van der Waals surface area contributed by atoms with Crippen molar-refractivity contribution in [3.63, 3.8) is 0 Å². The van der Waals surface area contributed by atoms with E-state index in [0.717, 1.165) is 34.1 Å². The maximum absolute atomic E-state index is 13.6. The summed E-state index contributed by atoms with van der Waals surface area (Å²) in [6.45, 7) is 1.53. The van der Waals surface area contributed by atoms with Crippen molar-refractivity contribution in [2.45, 2.75) is 38.3 Å². The molecule has 7 heteroatoms. The predicted molar refractivity (Wildman–Crippen MR) is 99.7 cm³/mol. The van der Waals surface area contributed by atoms with Crippen LogP contribution in [-0.2, 0) is 0 Å². The van der Waals surface area contributed by atoms with Gasteiger partial charge in [-0.1, -0.05) is 12.1 Å². The number of alkyl halides is 3. The lowest BCUT2D eigenvalue weighted by molar-refractivity contribution is -0.0973. The number of nitriles is 1. The van der Waals surface area contributed by atoms with Crippen LogP contribution in [-0.4, -0.2) is 6.18 Å². The molecular formula is C20H18F3N3S. The van der Waals surface area contributed by atoms with Crippen molar-refractivity contribution in [1.29, 1.82) is 5.26 Å². The number of halogens is 3. The second kappa shape index (κ2) is 6.31. The molecule has 2 heterocycles. The van der Waals surface area contributed by atoms with Gasteiger partial charge in [-0.3, -0.25) is 0 Å². The van der Waals surface area contributed by atoms with Gasteiger partial charge in [0.25, 0.3) is 0 Å². The number of rotatable bonds is 3. The van der Waals surface area contributed by atoms with Crippen LogP contribution in [0.5, 0.6) is 0 Å². The highest BCUT2D eigenvalue weighted by atomic mass is 32.1. The Morgan fingerprint density at radius 2 is 2.07 bits per heavy atom. The third kappa shape index (κ3) is 3.08. The molecule has 3 nitrogen and oxygen atoms in total.